The molecule has 0 saturated carbocycles. The number of fused-ring (bicyclic) bond motifs is 2. The van der Waals surface area contributed by atoms with E-state index in [2.05, 4.69) is 68.7 Å². The van der Waals surface area contributed by atoms with Gasteiger partial charge >= 0.3 is 0 Å². The van der Waals surface area contributed by atoms with Gasteiger partial charge in [0.05, 0.1) is 8.95 Å². The minimum absolute atomic E-state index is 0.161. The van der Waals surface area contributed by atoms with Gasteiger partial charge in [-0.15, -0.1) is 0 Å². The maximum atomic E-state index is 11.9. The van der Waals surface area contributed by atoms with Crippen molar-refractivity contribution in [2.45, 2.75) is 0 Å². The van der Waals surface area contributed by atoms with Crippen LogP contribution in [0.5, 0.6) is 0 Å². The SMILES string of the molecule is O=c1c(Br)cc2nc3cc(Br)cc(Br)c3oc-2c1Br. The van der Waals surface area contributed by atoms with E-state index in [1.807, 2.05) is 12.1 Å². The van der Waals surface area contributed by atoms with Crippen LogP contribution in [0.25, 0.3) is 22.6 Å². The molecule has 0 N–H and O–H groups in total. The summed E-state index contributed by atoms with van der Waals surface area (Å²) in [6, 6.07) is 5.38. The summed E-state index contributed by atoms with van der Waals surface area (Å²) in [5.41, 5.74) is 1.74. The maximum absolute atomic E-state index is 11.9. The highest BCUT2D eigenvalue weighted by molar-refractivity contribution is 9.11. The molecular formula is C12H3Br4NO2. The molecule has 0 bridgehead atoms. The minimum atomic E-state index is -0.161. The van der Waals surface area contributed by atoms with Crippen molar-refractivity contribution in [1.82, 2.24) is 4.98 Å². The van der Waals surface area contributed by atoms with E-state index in [9.17, 15) is 4.79 Å². The van der Waals surface area contributed by atoms with Crippen molar-refractivity contribution >= 4 is 74.8 Å². The fourth-order valence-electron chi connectivity index (χ4n) is 1.71. The van der Waals surface area contributed by atoms with Gasteiger partial charge in [-0.05, 0) is 66.0 Å². The summed E-state index contributed by atoms with van der Waals surface area (Å²) >= 11 is 13.3. The summed E-state index contributed by atoms with van der Waals surface area (Å²) in [5.74, 6) is 0.434. The quantitative estimate of drug-likeness (QED) is 0.382. The second-order valence-electron chi connectivity index (χ2n) is 3.80. The number of aromatic nitrogens is 1. The Morgan fingerprint density at radius 1 is 1.00 bits per heavy atom. The second kappa shape index (κ2) is 4.95. The first-order valence-corrected chi connectivity index (χ1v) is 8.22. The van der Waals surface area contributed by atoms with Crippen molar-refractivity contribution in [1.29, 1.82) is 0 Å². The van der Waals surface area contributed by atoms with Crippen LogP contribution < -0.4 is 5.43 Å². The van der Waals surface area contributed by atoms with Crippen LogP contribution in [0.1, 0.15) is 0 Å². The van der Waals surface area contributed by atoms with Crippen molar-refractivity contribution < 1.29 is 4.42 Å². The summed E-state index contributed by atoms with van der Waals surface area (Å²) in [6.07, 6.45) is 0. The summed E-state index contributed by atoms with van der Waals surface area (Å²) in [6.45, 7) is 0. The molecule has 0 spiro atoms. The molecular weight excluding hydrogens is 510 g/mol. The molecule has 1 aliphatic carbocycles. The highest BCUT2D eigenvalue weighted by Crippen LogP contribution is 2.35. The van der Waals surface area contributed by atoms with Gasteiger partial charge in [0.1, 0.15) is 15.7 Å². The minimum Gasteiger partial charge on any atom is -0.450 e. The number of halogens is 4. The first kappa shape index (κ1) is 13.7. The Kier molecular flexibility index (Phi) is 3.57. The number of nitrogens with zero attached hydrogens (tertiary/aromatic N) is 1. The zero-order chi connectivity index (χ0) is 13.7. The first-order valence-electron chi connectivity index (χ1n) is 5.05. The molecule has 2 aliphatic rings. The van der Waals surface area contributed by atoms with Gasteiger partial charge in [0.15, 0.2) is 11.3 Å². The van der Waals surface area contributed by atoms with Crippen molar-refractivity contribution in [3.05, 3.63) is 46.3 Å². The van der Waals surface area contributed by atoms with E-state index in [1.54, 1.807) is 6.07 Å². The fraction of sp³-hybridized carbons (Fsp3) is 0. The molecule has 0 fully saturated rings. The second-order valence-corrected chi connectivity index (χ2v) is 7.22. The van der Waals surface area contributed by atoms with Gasteiger partial charge in [-0.1, -0.05) is 15.9 Å². The number of benzene rings is 2. The number of hydrogen-bond acceptors (Lipinski definition) is 3. The van der Waals surface area contributed by atoms with E-state index in [0.29, 0.717) is 31.5 Å². The molecule has 0 radical (unpaired) electrons. The fourth-order valence-corrected chi connectivity index (χ4v) is 4.18. The van der Waals surface area contributed by atoms with Crippen LogP contribution >= 0.6 is 63.7 Å². The molecule has 0 unspecified atom stereocenters. The molecule has 96 valence electrons. The molecule has 3 nitrogen and oxygen atoms in total. The monoisotopic (exact) mass is 509 g/mol. The summed E-state index contributed by atoms with van der Waals surface area (Å²) < 4.78 is 8.28. The van der Waals surface area contributed by atoms with Gasteiger partial charge < -0.3 is 4.42 Å². The third kappa shape index (κ3) is 2.30. The van der Waals surface area contributed by atoms with Gasteiger partial charge in [0, 0.05) is 4.47 Å². The Morgan fingerprint density at radius 2 is 1.74 bits per heavy atom. The highest BCUT2D eigenvalue weighted by Gasteiger charge is 2.19. The summed E-state index contributed by atoms with van der Waals surface area (Å²) in [4.78, 5) is 16.4. The summed E-state index contributed by atoms with van der Waals surface area (Å²) in [5, 5.41) is 0. The molecule has 0 atom stereocenters. The van der Waals surface area contributed by atoms with Gasteiger partial charge in [0.2, 0.25) is 5.43 Å². The number of hydrogen-bond donors (Lipinski definition) is 0. The van der Waals surface area contributed by atoms with Crippen LogP contribution in [0, 0.1) is 0 Å². The van der Waals surface area contributed by atoms with E-state index >= 15 is 0 Å². The van der Waals surface area contributed by atoms with Gasteiger partial charge in [-0.3, -0.25) is 4.79 Å². The van der Waals surface area contributed by atoms with Crippen molar-refractivity contribution in [2.75, 3.05) is 0 Å². The lowest BCUT2D eigenvalue weighted by atomic mass is 10.2. The van der Waals surface area contributed by atoms with E-state index in [4.69, 9.17) is 4.42 Å². The molecule has 1 aromatic carbocycles. The Bertz CT molecular complexity index is 843. The molecule has 7 heteroatoms. The molecule has 3 rings (SSSR count). The van der Waals surface area contributed by atoms with Crippen LogP contribution in [0.2, 0.25) is 0 Å². The lowest BCUT2D eigenvalue weighted by Crippen LogP contribution is -2.06. The van der Waals surface area contributed by atoms with E-state index in [0.717, 1.165) is 8.95 Å². The largest absolute Gasteiger partial charge is 0.450 e. The Labute approximate surface area is 141 Å². The third-order valence-electron chi connectivity index (χ3n) is 2.55. The maximum Gasteiger partial charge on any atom is 0.210 e. The standard InChI is InChI=1S/C12H3Br4NO2/c13-4-1-6(15)11-7(2-4)17-8-3-5(14)10(18)9(16)12(8)19-11/h1-3H. The molecule has 0 saturated heterocycles. The zero-order valence-electron chi connectivity index (χ0n) is 9.01. The molecule has 19 heavy (non-hydrogen) atoms. The van der Waals surface area contributed by atoms with Crippen molar-refractivity contribution in [2.24, 2.45) is 0 Å². The van der Waals surface area contributed by atoms with E-state index in [1.165, 1.54) is 0 Å². The molecule has 1 heterocycles. The lowest BCUT2D eigenvalue weighted by Gasteiger charge is -2.09. The first-order chi connectivity index (χ1) is 8.97. The van der Waals surface area contributed by atoms with Crippen molar-refractivity contribution in [3.63, 3.8) is 0 Å². The van der Waals surface area contributed by atoms with Crippen LogP contribution in [0.4, 0.5) is 0 Å². The van der Waals surface area contributed by atoms with Gasteiger partial charge in [0.25, 0.3) is 0 Å². The third-order valence-corrected chi connectivity index (χ3v) is 4.90. The molecule has 1 aliphatic heterocycles. The molecule has 0 amide bonds. The average molecular weight is 513 g/mol. The van der Waals surface area contributed by atoms with Crippen LogP contribution in [-0.2, 0) is 0 Å². The smallest absolute Gasteiger partial charge is 0.210 e. The Balaban J connectivity index is 2.53. The van der Waals surface area contributed by atoms with Gasteiger partial charge in [-0.25, -0.2) is 4.98 Å². The van der Waals surface area contributed by atoms with E-state index < -0.39 is 0 Å². The van der Waals surface area contributed by atoms with Crippen LogP contribution in [0.3, 0.4) is 0 Å². The topological polar surface area (TPSA) is 43.1 Å². The number of rotatable bonds is 0. The predicted molar refractivity (Wildman–Crippen MR) is 87.7 cm³/mol. The highest BCUT2D eigenvalue weighted by atomic mass is 79.9. The Hall–Kier alpha value is -0.240. The average Bonchev–Trinajstić information content (AvgIpc) is 2.34. The van der Waals surface area contributed by atoms with Crippen LogP contribution in [0.15, 0.2) is 45.3 Å². The van der Waals surface area contributed by atoms with Crippen LogP contribution in [-0.4, -0.2) is 4.98 Å². The Morgan fingerprint density at radius 3 is 2.47 bits per heavy atom. The van der Waals surface area contributed by atoms with E-state index in [-0.39, 0.29) is 5.43 Å². The molecule has 1 aromatic rings. The normalized spacial score (nSPS) is 11.4. The molecule has 0 aromatic heterocycles. The lowest BCUT2D eigenvalue weighted by molar-refractivity contribution is 0.607. The zero-order valence-corrected chi connectivity index (χ0v) is 15.4. The van der Waals surface area contributed by atoms with Crippen molar-refractivity contribution in [3.8, 4) is 11.5 Å². The predicted octanol–water partition coefficient (Wildman–Crippen LogP) is 5.34. The summed E-state index contributed by atoms with van der Waals surface area (Å²) in [7, 11) is 0. The van der Waals surface area contributed by atoms with Gasteiger partial charge in [-0.2, -0.15) is 0 Å².